The standard InChI is InChI=1S/C19H21ClN2O5S/c1-4-11-21-19(23)13-22(15-7-5-14(20)6-8-15)28(24,25)16-9-10-17(26-2)18(12-16)27-3/h4-10,12H,1,11,13H2,2-3H3,(H,21,23). The van der Waals surface area contributed by atoms with E-state index in [-0.39, 0.29) is 17.2 Å². The minimum atomic E-state index is -4.08. The van der Waals surface area contributed by atoms with E-state index in [1.807, 2.05) is 0 Å². The maximum atomic E-state index is 13.3. The summed E-state index contributed by atoms with van der Waals surface area (Å²) in [7, 11) is -1.21. The molecule has 0 fully saturated rings. The van der Waals surface area contributed by atoms with Crippen molar-refractivity contribution in [1.29, 1.82) is 0 Å². The van der Waals surface area contributed by atoms with Crippen LogP contribution in [0, 0.1) is 0 Å². The molecule has 0 aliphatic carbocycles. The van der Waals surface area contributed by atoms with Crippen molar-refractivity contribution in [1.82, 2.24) is 5.32 Å². The van der Waals surface area contributed by atoms with Gasteiger partial charge in [0, 0.05) is 17.6 Å². The van der Waals surface area contributed by atoms with E-state index >= 15 is 0 Å². The molecule has 0 heterocycles. The molecule has 2 aromatic carbocycles. The van der Waals surface area contributed by atoms with E-state index in [0.717, 1.165) is 4.31 Å². The number of amides is 1. The second-order valence-corrected chi connectivity index (χ2v) is 7.90. The van der Waals surface area contributed by atoms with Crippen LogP contribution in [-0.4, -0.2) is 41.6 Å². The van der Waals surface area contributed by atoms with Crippen molar-refractivity contribution >= 4 is 33.2 Å². The molecule has 1 N–H and O–H groups in total. The molecule has 150 valence electrons. The molecule has 0 bridgehead atoms. The third-order valence-corrected chi connectivity index (χ3v) is 5.81. The normalized spacial score (nSPS) is 10.8. The first-order valence-corrected chi connectivity index (χ1v) is 10.0. The van der Waals surface area contributed by atoms with Crippen LogP contribution in [0.2, 0.25) is 5.02 Å². The molecule has 28 heavy (non-hydrogen) atoms. The van der Waals surface area contributed by atoms with Crippen LogP contribution in [-0.2, 0) is 14.8 Å². The fraction of sp³-hybridized carbons (Fsp3) is 0.211. The Kier molecular flexibility index (Phi) is 7.31. The summed E-state index contributed by atoms with van der Waals surface area (Å²) in [6, 6.07) is 10.4. The quantitative estimate of drug-likeness (QED) is 0.625. The van der Waals surface area contributed by atoms with Crippen LogP contribution in [0.15, 0.2) is 60.0 Å². The van der Waals surface area contributed by atoms with Gasteiger partial charge in [-0.25, -0.2) is 8.42 Å². The summed E-state index contributed by atoms with van der Waals surface area (Å²) in [5.74, 6) is 0.179. The summed E-state index contributed by atoms with van der Waals surface area (Å²) >= 11 is 5.91. The Morgan fingerprint density at radius 1 is 1.14 bits per heavy atom. The highest BCUT2D eigenvalue weighted by atomic mass is 35.5. The average molecular weight is 425 g/mol. The highest BCUT2D eigenvalue weighted by Crippen LogP contribution is 2.32. The number of carbonyl (C=O) groups excluding carboxylic acids is 1. The molecule has 0 aliphatic heterocycles. The molecule has 0 saturated heterocycles. The SMILES string of the molecule is C=CCNC(=O)CN(c1ccc(Cl)cc1)S(=O)(=O)c1ccc(OC)c(OC)c1. The van der Waals surface area contributed by atoms with Gasteiger partial charge in [0.15, 0.2) is 11.5 Å². The Morgan fingerprint density at radius 3 is 2.36 bits per heavy atom. The summed E-state index contributed by atoms with van der Waals surface area (Å²) in [6.07, 6.45) is 1.51. The van der Waals surface area contributed by atoms with Crippen LogP contribution in [0.5, 0.6) is 11.5 Å². The molecule has 0 aliphatic rings. The van der Waals surface area contributed by atoms with E-state index in [0.29, 0.717) is 16.5 Å². The molecule has 9 heteroatoms. The van der Waals surface area contributed by atoms with E-state index in [1.165, 1.54) is 50.6 Å². The lowest BCUT2D eigenvalue weighted by molar-refractivity contribution is -0.119. The summed E-state index contributed by atoms with van der Waals surface area (Å²) in [5.41, 5.74) is 0.299. The van der Waals surface area contributed by atoms with Gasteiger partial charge in [0.25, 0.3) is 10.0 Å². The van der Waals surface area contributed by atoms with E-state index in [4.69, 9.17) is 21.1 Å². The minimum absolute atomic E-state index is 0.0448. The Morgan fingerprint density at radius 2 is 1.79 bits per heavy atom. The Bertz CT molecular complexity index is 945. The number of rotatable bonds is 9. The van der Waals surface area contributed by atoms with Gasteiger partial charge in [0.05, 0.1) is 24.8 Å². The van der Waals surface area contributed by atoms with Crippen LogP contribution in [0.4, 0.5) is 5.69 Å². The van der Waals surface area contributed by atoms with Crippen molar-refractivity contribution < 1.29 is 22.7 Å². The van der Waals surface area contributed by atoms with Crippen LogP contribution < -0.4 is 19.1 Å². The fourth-order valence-electron chi connectivity index (χ4n) is 2.40. The van der Waals surface area contributed by atoms with Gasteiger partial charge in [0.2, 0.25) is 5.91 Å². The number of sulfonamides is 1. The number of carbonyl (C=O) groups is 1. The van der Waals surface area contributed by atoms with Gasteiger partial charge in [-0.2, -0.15) is 0 Å². The second kappa shape index (κ2) is 9.48. The fourth-order valence-corrected chi connectivity index (χ4v) is 3.96. The van der Waals surface area contributed by atoms with Crippen molar-refractivity contribution in [2.75, 3.05) is 31.6 Å². The lowest BCUT2D eigenvalue weighted by Gasteiger charge is -2.24. The third kappa shape index (κ3) is 4.96. The van der Waals surface area contributed by atoms with Gasteiger partial charge in [-0.05, 0) is 36.4 Å². The van der Waals surface area contributed by atoms with E-state index in [2.05, 4.69) is 11.9 Å². The third-order valence-electron chi connectivity index (χ3n) is 3.79. The lowest BCUT2D eigenvalue weighted by Crippen LogP contribution is -2.40. The molecule has 0 atom stereocenters. The lowest BCUT2D eigenvalue weighted by atomic mass is 10.3. The summed E-state index contributed by atoms with van der Waals surface area (Å²) < 4.78 is 37.9. The first-order chi connectivity index (χ1) is 13.3. The number of benzene rings is 2. The smallest absolute Gasteiger partial charge is 0.264 e. The predicted octanol–water partition coefficient (Wildman–Crippen LogP) is 2.85. The number of halogens is 1. The molecule has 2 aromatic rings. The topological polar surface area (TPSA) is 84.9 Å². The molecule has 2 rings (SSSR count). The Labute approximate surface area is 169 Å². The van der Waals surface area contributed by atoms with Gasteiger partial charge in [0.1, 0.15) is 6.54 Å². The number of ether oxygens (including phenoxy) is 2. The Hall–Kier alpha value is -2.71. The van der Waals surface area contributed by atoms with Crippen molar-refractivity contribution in [2.45, 2.75) is 4.90 Å². The monoisotopic (exact) mass is 424 g/mol. The Balaban J connectivity index is 2.49. The van der Waals surface area contributed by atoms with Crippen molar-refractivity contribution in [2.24, 2.45) is 0 Å². The van der Waals surface area contributed by atoms with E-state index < -0.39 is 22.5 Å². The minimum Gasteiger partial charge on any atom is -0.493 e. The molecule has 0 aromatic heterocycles. The van der Waals surface area contributed by atoms with Crippen LogP contribution in [0.25, 0.3) is 0 Å². The first kappa shape index (κ1) is 21.6. The molecule has 0 spiro atoms. The molecule has 0 radical (unpaired) electrons. The summed E-state index contributed by atoms with van der Waals surface area (Å²) in [5, 5.41) is 3.02. The number of nitrogens with zero attached hydrogens (tertiary/aromatic N) is 1. The van der Waals surface area contributed by atoms with Crippen molar-refractivity contribution in [3.05, 3.63) is 60.1 Å². The van der Waals surface area contributed by atoms with Crippen molar-refractivity contribution in [3.8, 4) is 11.5 Å². The van der Waals surface area contributed by atoms with E-state index in [9.17, 15) is 13.2 Å². The second-order valence-electron chi connectivity index (χ2n) is 5.60. The molecular formula is C19H21ClN2O5S. The average Bonchev–Trinajstić information content (AvgIpc) is 2.70. The maximum Gasteiger partial charge on any atom is 0.264 e. The highest BCUT2D eigenvalue weighted by molar-refractivity contribution is 7.92. The molecular weight excluding hydrogens is 404 g/mol. The van der Waals surface area contributed by atoms with Gasteiger partial charge < -0.3 is 14.8 Å². The van der Waals surface area contributed by atoms with Gasteiger partial charge in [-0.3, -0.25) is 9.10 Å². The zero-order chi connectivity index (χ0) is 20.7. The summed E-state index contributed by atoms with van der Waals surface area (Å²) in [4.78, 5) is 12.2. The molecule has 0 saturated carbocycles. The molecule has 1 amide bonds. The summed E-state index contributed by atoms with van der Waals surface area (Å²) in [6.45, 7) is 3.34. The number of anilines is 1. The zero-order valence-corrected chi connectivity index (χ0v) is 17.1. The highest BCUT2D eigenvalue weighted by Gasteiger charge is 2.28. The van der Waals surface area contributed by atoms with Crippen molar-refractivity contribution in [3.63, 3.8) is 0 Å². The number of methoxy groups -OCH3 is 2. The van der Waals surface area contributed by atoms with Gasteiger partial charge in [-0.15, -0.1) is 6.58 Å². The first-order valence-electron chi connectivity index (χ1n) is 8.21. The predicted molar refractivity (Wildman–Crippen MR) is 109 cm³/mol. The van der Waals surface area contributed by atoms with Crippen LogP contribution >= 0.6 is 11.6 Å². The van der Waals surface area contributed by atoms with E-state index in [1.54, 1.807) is 12.1 Å². The zero-order valence-electron chi connectivity index (χ0n) is 15.5. The molecule has 0 unspecified atom stereocenters. The van der Waals surface area contributed by atoms with Crippen LogP contribution in [0.3, 0.4) is 0 Å². The number of hydrogen-bond acceptors (Lipinski definition) is 5. The van der Waals surface area contributed by atoms with Gasteiger partial charge >= 0.3 is 0 Å². The number of hydrogen-bond donors (Lipinski definition) is 1. The molecule has 7 nitrogen and oxygen atoms in total. The van der Waals surface area contributed by atoms with Gasteiger partial charge in [-0.1, -0.05) is 17.7 Å². The van der Waals surface area contributed by atoms with Crippen LogP contribution in [0.1, 0.15) is 0 Å². The maximum absolute atomic E-state index is 13.3. The largest absolute Gasteiger partial charge is 0.493 e. The number of nitrogens with one attached hydrogen (secondary N) is 1.